The number of hydrogen-bond donors (Lipinski definition) is 1. The standard InChI is InChI=1S/C38H36F2N4O3.ClH/c1-26-9-8-10-27(23-26)36-30(37(47)41-28-11-4-3-5-12-28)15-16-34(31(36)25-45)44-18-17-38(39,40)32(29-13-6-7-14-33(29)44)24-35(46)43-21-19-42(2)20-22-43;/h3-16,23-24,36H,17-22H2,1-2H3,(H,41,47);1H. The van der Waals surface area contributed by atoms with Gasteiger partial charge in [0, 0.05) is 73.3 Å². The Morgan fingerprint density at radius 3 is 2.33 bits per heavy atom. The van der Waals surface area contributed by atoms with Gasteiger partial charge in [0.15, 0.2) is 0 Å². The van der Waals surface area contributed by atoms with E-state index < -0.39 is 24.2 Å². The second-order valence-electron chi connectivity index (χ2n) is 12.2. The monoisotopic (exact) mass is 670 g/mol. The Bertz CT molecular complexity index is 1840. The van der Waals surface area contributed by atoms with Crippen molar-refractivity contribution >= 4 is 47.1 Å². The van der Waals surface area contributed by atoms with E-state index in [4.69, 9.17) is 0 Å². The summed E-state index contributed by atoms with van der Waals surface area (Å²) in [5.41, 5.74) is 3.41. The molecule has 2 aliphatic heterocycles. The van der Waals surface area contributed by atoms with E-state index in [1.54, 1.807) is 58.4 Å². The van der Waals surface area contributed by atoms with Crippen molar-refractivity contribution in [2.75, 3.05) is 50.0 Å². The maximum Gasteiger partial charge on any atom is 0.275 e. The summed E-state index contributed by atoms with van der Waals surface area (Å²) in [4.78, 5) is 45.3. The highest BCUT2D eigenvalue weighted by atomic mass is 35.5. The molecule has 48 heavy (non-hydrogen) atoms. The van der Waals surface area contributed by atoms with Crippen molar-refractivity contribution in [2.24, 2.45) is 0 Å². The van der Waals surface area contributed by atoms with E-state index in [1.807, 2.05) is 56.4 Å². The minimum Gasteiger partial charge on any atom is -0.340 e. The molecule has 1 N–H and O–H groups in total. The van der Waals surface area contributed by atoms with Crippen LogP contribution in [0.15, 0.2) is 114 Å². The van der Waals surface area contributed by atoms with E-state index in [0.717, 1.165) is 11.6 Å². The Hall–Kier alpha value is -4.82. The van der Waals surface area contributed by atoms with Crippen molar-refractivity contribution in [2.45, 2.75) is 25.2 Å². The number of hydrogen-bond acceptors (Lipinski definition) is 5. The van der Waals surface area contributed by atoms with E-state index in [1.165, 1.54) is 0 Å². The first kappa shape index (κ1) is 34.5. The molecule has 0 bridgehead atoms. The van der Waals surface area contributed by atoms with E-state index in [-0.39, 0.29) is 41.6 Å². The van der Waals surface area contributed by atoms with Gasteiger partial charge in [-0.2, -0.15) is 0 Å². The zero-order valence-corrected chi connectivity index (χ0v) is 27.6. The number of amides is 2. The number of allylic oxidation sites excluding steroid dienone is 4. The van der Waals surface area contributed by atoms with Crippen LogP contribution in [0.25, 0.3) is 5.57 Å². The largest absolute Gasteiger partial charge is 0.340 e. The van der Waals surface area contributed by atoms with Crippen LogP contribution in [0.4, 0.5) is 20.2 Å². The molecule has 2 heterocycles. The Kier molecular flexibility index (Phi) is 10.4. The number of nitrogens with zero attached hydrogens (tertiary/aromatic N) is 3. The third-order valence-corrected chi connectivity index (χ3v) is 8.98. The molecule has 3 aliphatic rings. The number of benzene rings is 3. The summed E-state index contributed by atoms with van der Waals surface area (Å²) < 4.78 is 32.1. The molecule has 0 spiro atoms. The maximum absolute atomic E-state index is 16.0. The van der Waals surface area contributed by atoms with Crippen LogP contribution in [-0.4, -0.2) is 73.2 Å². The lowest BCUT2D eigenvalue weighted by Gasteiger charge is -2.33. The lowest BCUT2D eigenvalue weighted by molar-refractivity contribution is -0.127. The van der Waals surface area contributed by atoms with Crippen molar-refractivity contribution < 1.29 is 23.2 Å². The summed E-state index contributed by atoms with van der Waals surface area (Å²) in [6, 6.07) is 23.3. The molecule has 1 atom stereocenters. The van der Waals surface area contributed by atoms with Gasteiger partial charge in [-0.15, -0.1) is 12.4 Å². The van der Waals surface area contributed by atoms with Gasteiger partial charge in [0.05, 0.1) is 17.2 Å². The first-order chi connectivity index (χ1) is 22.7. The number of halogens is 3. The van der Waals surface area contributed by atoms with Crippen LogP contribution in [-0.2, 0) is 14.4 Å². The second-order valence-corrected chi connectivity index (χ2v) is 12.2. The zero-order valence-electron chi connectivity index (χ0n) is 26.8. The SMILES string of the molecule is Cc1cccc(C2C(=C=O)C(N3CCC(F)(F)C(=CC(=O)N4CCN(C)CC4)c4ccccc43)=CC=C2C(=O)Nc2ccccc2)c1.Cl. The molecule has 3 aromatic rings. The zero-order chi connectivity index (χ0) is 33.1. The van der Waals surface area contributed by atoms with Crippen LogP contribution < -0.4 is 10.2 Å². The van der Waals surface area contributed by atoms with Crippen LogP contribution in [0.1, 0.15) is 29.0 Å². The molecule has 1 unspecified atom stereocenters. The van der Waals surface area contributed by atoms with Gasteiger partial charge in [0.25, 0.3) is 11.8 Å². The second kappa shape index (κ2) is 14.5. The summed E-state index contributed by atoms with van der Waals surface area (Å²) in [6.45, 7) is 4.06. The van der Waals surface area contributed by atoms with Crippen molar-refractivity contribution in [3.63, 3.8) is 0 Å². The van der Waals surface area contributed by atoms with Crippen LogP contribution in [0, 0.1) is 6.92 Å². The van der Waals surface area contributed by atoms with E-state index in [9.17, 15) is 14.4 Å². The number of alkyl halides is 2. The highest BCUT2D eigenvalue weighted by molar-refractivity contribution is 6.07. The van der Waals surface area contributed by atoms with E-state index in [0.29, 0.717) is 54.4 Å². The first-order valence-electron chi connectivity index (χ1n) is 15.7. The molecule has 6 rings (SSSR count). The van der Waals surface area contributed by atoms with Gasteiger partial charge >= 0.3 is 0 Å². The number of carbonyl (C=O) groups excluding carboxylic acids is 3. The molecule has 1 fully saturated rings. The minimum atomic E-state index is -3.32. The highest BCUT2D eigenvalue weighted by Gasteiger charge is 2.43. The summed E-state index contributed by atoms with van der Waals surface area (Å²) in [7, 11) is 1.96. The Morgan fingerprint density at radius 2 is 1.62 bits per heavy atom. The predicted molar refractivity (Wildman–Crippen MR) is 187 cm³/mol. The Labute approximate surface area is 285 Å². The minimum absolute atomic E-state index is 0. The average Bonchev–Trinajstić information content (AvgIpc) is 3.18. The molecule has 0 radical (unpaired) electrons. The lowest BCUT2D eigenvalue weighted by Crippen LogP contribution is -2.46. The average molecular weight is 671 g/mol. The van der Waals surface area contributed by atoms with Gasteiger partial charge in [-0.3, -0.25) is 9.59 Å². The third kappa shape index (κ3) is 7.04. The molecule has 7 nitrogen and oxygen atoms in total. The molecule has 0 saturated carbocycles. The fourth-order valence-corrected chi connectivity index (χ4v) is 6.45. The number of para-hydroxylation sites is 2. The first-order valence-corrected chi connectivity index (χ1v) is 15.7. The van der Waals surface area contributed by atoms with Crippen molar-refractivity contribution in [3.05, 3.63) is 131 Å². The normalized spacial score (nSPS) is 20.0. The quantitative estimate of drug-likeness (QED) is 0.251. The van der Waals surface area contributed by atoms with E-state index >= 15 is 8.78 Å². The van der Waals surface area contributed by atoms with Crippen LogP contribution in [0.5, 0.6) is 0 Å². The molecular formula is C38H37ClF2N4O3. The number of nitrogens with one attached hydrogen (secondary N) is 1. The maximum atomic E-state index is 16.0. The van der Waals surface area contributed by atoms with Gasteiger partial charge < -0.3 is 20.0 Å². The van der Waals surface area contributed by atoms with Crippen molar-refractivity contribution in [1.82, 2.24) is 9.80 Å². The third-order valence-electron chi connectivity index (χ3n) is 8.98. The number of fused-ring (bicyclic) bond motifs is 1. The molecular weight excluding hydrogens is 634 g/mol. The summed E-state index contributed by atoms with van der Waals surface area (Å²) >= 11 is 0. The van der Waals surface area contributed by atoms with Crippen LogP contribution in [0.3, 0.4) is 0 Å². The summed E-state index contributed by atoms with van der Waals surface area (Å²) in [6.07, 6.45) is 3.78. The van der Waals surface area contributed by atoms with Crippen molar-refractivity contribution in [1.29, 1.82) is 0 Å². The number of piperazine rings is 1. The summed E-state index contributed by atoms with van der Waals surface area (Å²) in [5, 5.41) is 2.92. The van der Waals surface area contributed by atoms with Gasteiger partial charge in [-0.05, 0) is 43.8 Å². The van der Waals surface area contributed by atoms with Crippen LogP contribution in [0.2, 0.25) is 0 Å². The molecule has 0 aromatic heterocycles. The summed E-state index contributed by atoms with van der Waals surface area (Å²) in [5.74, 6) is -2.86. The topological polar surface area (TPSA) is 73.0 Å². The van der Waals surface area contributed by atoms with Crippen LogP contribution >= 0.6 is 12.4 Å². The smallest absolute Gasteiger partial charge is 0.275 e. The van der Waals surface area contributed by atoms with E-state index in [2.05, 4.69) is 16.2 Å². The molecule has 3 aromatic carbocycles. The molecule has 248 valence electrons. The van der Waals surface area contributed by atoms with Crippen molar-refractivity contribution in [3.8, 4) is 0 Å². The van der Waals surface area contributed by atoms with Gasteiger partial charge in [0.2, 0.25) is 5.91 Å². The fourth-order valence-electron chi connectivity index (χ4n) is 6.45. The molecule has 1 aliphatic carbocycles. The van der Waals surface area contributed by atoms with Gasteiger partial charge in [-0.25, -0.2) is 13.6 Å². The molecule has 1 saturated heterocycles. The number of anilines is 2. The number of carbonyl (C=O) groups is 2. The fraction of sp³-hybridized carbons (Fsp3) is 0.263. The number of likely N-dealkylation sites (N-methyl/N-ethyl adjacent to an activating group) is 1. The highest BCUT2D eigenvalue weighted by Crippen LogP contribution is 2.47. The lowest BCUT2D eigenvalue weighted by atomic mass is 9.79. The molecule has 10 heteroatoms. The molecule has 2 amide bonds. The van der Waals surface area contributed by atoms with Gasteiger partial charge in [0.1, 0.15) is 5.94 Å². The number of rotatable bonds is 5. The van der Waals surface area contributed by atoms with Gasteiger partial charge in [-0.1, -0.05) is 72.3 Å². The number of aryl methyl sites for hydroxylation is 1. The predicted octanol–water partition coefficient (Wildman–Crippen LogP) is 6.42. The Morgan fingerprint density at radius 1 is 0.917 bits per heavy atom. The Balaban J connectivity index is 0.00000451.